The molecule has 0 amide bonds. The van der Waals surface area contributed by atoms with E-state index in [1.807, 2.05) is 276 Å². The summed E-state index contributed by atoms with van der Waals surface area (Å²) in [5.41, 5.74) is 26.6. The maximum absolute atomic E-state index is 15.6. The molecule has 8 heterocycles. The Morgan fingerprint density at radius 3 is 1.06 bits per heavy atom. The molecule has 0 atom stereocenters. The van der Waals surface area contributed by atoms with E-state index in [2.05, 4.69) is 56.4 Å². The van der Waals surface area contributed by atoms with Crippen LogP contribution in [0.3, 0.4) is 0 Å². The maximum Gasteiger partial charge on any atom is 0.238 e. The zero-order chi connectivity index (χ0) is 79.4. The largest absolute Gasteiger partial charge is 0.317 e. The third kappa shape index (κ3) is 12.2. The van der Waals surface area contributed by atoms with Crippen LogP contribution in [0.5, 0.6) is 0 Å². The van der Waals surface area contributed by atoms with E-state index in [-0.39, 0.29) is 29.7 Å². The molecule has 16 rings (SSSR count). The fourth-order valence-electron chi connectivity index (χ4n) is 17.6. The second-order valence-electron chi connectivity index (χ2n) is 30.1. The fourth-order valence-corrected chi connectivity index (χ4v) is 17.6. The Morgan fingerprint density at radius 1 is 0.336 bits per heavy atom. The third-order valence-electron chi connectivity index (χ3n) is 23.2. The average Bonchev–Trinajstić information content (AvgIpc) is 1.53. The summed E-state index contributed by atoms with van der Waals surface area (Å²) in [4.78, 5) is 94.6. The van der Waals surface area contributed by atoms with Gasteiger partial charge in [-0.3, -0.25) is 23.7 Å². The number of allylic oxidation sites excluding steroid dienone is 4. The molecule has 0 N–H and O–H groups in total. The second kappa shape index (κ2) is 28.7. The van der Waals surface area contributed by atoms with Crippen molar-refractivity contribution in [1.29, 1.82) is 0 Å². The molecule has 0 saturated heterocycles. The summed E-state index contributed by atoms with van der Waals surface area (Å²) >= 11 is 0. The van der Waals surface area contributed by atoms with Crippen LogP contribution in [-0.2, 0) is 0 Å². The Labute approximate surface area is 657 Å². The molecule has 1 aliphatic rings. The summed E-state index contributed by atoms with van der Waals surface area (Å²) in [6.45, 7) is 37.1. The molecular weight excluding hydrogens is 1400 g/mol. The van der Waals surface area contributed by atoms with Crippen molar-refractivity contribution < 1.29 is 19.2 Å². The van der Waals surface area contributed by atoms with E-state index >= 15 is 19.2 Å². The van der Waals surface area contributed by atoms with E-state index in [4.69, 9.17) is 36.5 Å². The third-order valence-corrected chi connectivity index (χ3v) is 23.2. The highest BCUT2D eigenvalue weighted by Crippen LogP contribution is 2.44. The van der Waals surface area contributed by atoms with Crippen molar-refractivity contribution in [3.05, 3.63) is 354 Å². The number of para-hydroxylation sites is 4. The quantitative estimate of drug-likeness (QED) is 0.0842. The van der Waals surface area contributed by atoms with E-state index in [0.29, 0.717) is 96.0 Å². The van der Waals surface area contributed by atoms with E-state index in [1.54, 1.807) is 0 Å². The van der Waals surface area contributed by atoms with Crippen molar-refractivity contribution in [2.24, 2.45) is 0 Å². The van der Waals surface area contributed by atoms with Gasteiger partial charge in [0, 0.05) is 147 Å². The molecule has 113 heavy (non-hydrogen) atoms. The molecule has 0 fully saturated rings. The van der Waals surface area contributed by atoms with Gasteiger partial charge in [-0.2, -0.15) is 9.97 Å². The minimum Gasteiger partial charge on any atom is -0.317 e. The molecular formula is C97H86N12O4. The summed E-state index contributed by atoms with van der Waals surface area (Å²) < 4.78 is 10.6. The number of rotatable bonds is 16. The molecule has 15 aromatic rings. The highest BCUT2D eigenvalue weighted by atomic mass is 16.1. The van der Waals surface area contributed by atoms with Crippen molar-refractivity contribution in [2.75, 3.05) is 11.4 Å². The summed E-state index contributed by atoms with van der Waals surface area (Å²) in [7, 11) is 0. The topological polar surface area (TPSA) is 174 Å². The number of nitrogens with zero attached hydrogens (tertiary/aromatic N) is 12. The lowest BCUT2D eigenvalue weighted by Gasteiger charge is -2.28. The van der Waals surface area contributed by atoms with Gasteiger partial charge >= 0.3 is 0 Å². The van der Waals surface area contributed by atoms with Crippen LogP contribution in [-0.4, -0.2) is 82.4 Å². The summed E-state index contributed by atoms with van der Waals surface area (Å²) in [6, 6.07) is 59.6. The first-order chi connectivity index (χ1) is 54.3. The molecule has 0 radical (unpaired) electrons. The number of carbonyl (C=O) groups is 4. The summed E-state index contributed by atoms with van der Waals surface area (Å²) in [6.07, 6.45) is 6.78. The molecule has 0 spiro atoms. The molecule has 0 saturated carbocycles. The van der Waals surface area contributed by atoms with Crippen molar-refractivity contribution in [3.63, 3.8) is 0 Å². The first-order valence-electron chi connectivity index (χ1n) is 38.1. The predicted octanol–water partition coefficient (Wildman–Crippen LogP) is 20.9. The van der Waals surface area contributed by atoms with Crippen LogP contribution in [0.4, 0.5) is 11.6 Å². The number of aryl methyl sites for hydroxylation is 3. The fraction of sp³-hybridized carbons (Fsp3) is 0.175. The van der Waals surface area contributed by atoms with Crippen LogP contribution in [0, 0.1) is 104 Å². The number of ketones is 4. The number of aromatic nitrogens is 11. The molecule has 0 aliphatic carbocycles. The minimum absolute atomic E-state index is 0.118. The van der Waals surface area contributed by atoms with Gasteiger partial charge < -0.3 is 23.2 Å². The molecule has 558 valence electrons. The predicted molar refractivity (Wildman–Crippen MR) is 452 cm³/mol. The van der Waals surface area contributed by atoms with Crippen molar-refractivity contribution in [3.8, 4) is 51.5 Å². The molecule has 8 aromatic carbocycles. The van der Waals surface area contributed by atoms with Crippen molar-refractivity contribution in [2.45, 2.75) is 111 Å². The molecule has 16 heteroatoms. The highest BCUT2D eigenvalue weighted by Gasteiger charge is 2.33. The minimum atomic E-state index is -0.162. The van der Waals surface area contributed by atoms with E-state index in [9.17, 15) is 0 Å². The normalized spacial score (nSPS) is 13.4. The second-order valence-corrected chi connectivity index (χ2v) is 30.1. The van der Waals surface area contributed by atoms with Crippen LogP contribution in [0.15, 0.2) is 225 Å². The monoisotopic (exact) mass is 1480 g/mol. The lowest BCUT2D eigenvalue weighted by molar-refractivity contribution is 0.102. The van der Waals surface area contributed by atoms with Gasteiger partial charge in [-0.25, -0.2) is 19.9 Å². The van der Waals surface area contributed by atoms with Crippen LogP contribution < -0.4 is 4.90 Å². The number of hydrogen-bond donors (Lipinski definition) is 0. The standard InChI is InChI=1S/C97H86N12O4/c1-53-42-70(90(110)83-58(6)62(10)105(66(83)14)74-32-22-18-23-33-74)43-54(2)80-47-71(91(111)84-59(7)63(11)106(67(84)15)75-34-24-19-25-35-75)44-55(3)87(80)104(50-53)96-100-51-98-94(102-96)78-40-30-31-41-79(78)95-99-52-101-97(103-95)109-88-56(4)45-72(92(112)85-60(8)64(12)107(68(85)16)76-36-26-20-27-37-76)48-81(88)82-49-73(46-57(5)89(82)109)93(113)86-61(9)65(13)108(69(86)17)77-38-28-21-29-39-77/h18-49,51-52H,2,50H2,1,3-17H3/b53-42-,70-43+. The van der Waals surface area contributed by atoms with Gasteiger partial charge in [-0.1, -0.05) is 115 Å². The van der Waals surface area contributed by atoms with Gasteiger partial charge in [-0.15, -0.1) is 0 Å². The Hall–Kier alpha value is -13.6. The van der Waals surface area contributed by atoms with Gasteiger partial charge in [0.25, 0.3) is 0 Å². The van der Waals surface area contributed by atoms with Gasteiger partial charge in [0.2, 0.25) is 11.9 Å². The molecule has 16 nitrogen and oxygen atoms in total. The average molecular weight is 1480 g/mol. The number of anilines is 2. The zero-order valence-corrected chi connectivity index (χ0v) is 66.5. The Bertz CT molecular complexity index is 6440. The lowest BCUT2D eigenvalue weighted by atomic mass is 9.91. The number of carbonyl (C=O) groups excluding carboxylic acids is 4. The van der Waals surface area contributed by atoms with Crippen molar-refractivity contribution >= 4 is 62.1 Å². The molecule has 1 aliphatic heterocycles. The highest BCUT2D eigenvalue weighted by molar-refractivity contribution is 6.20. The molecule has 0 bridgehead atoms. The Morgan fingerprint density at radius 2 is 0.673 bits per heavy atom. The van der Waals surface area contributed by atoms with Gasteiger partial charge in [0.1, 0.15) is 12.7 Å². The maximum atomic E-state index is 15.6. The van der Waals surface area contributed by atoms with E-state index in [1.165, 1.54) is 12.7 Å². The summed E-state index contributed by atoms with van der Waals surface area (Å²) in [5.74, 6) is 0.688. The first kappa shape index (κ1) is 73.5. The SMILES string of the molecule is C=C1/C=C(C(=O)c2c(C)c(C)n(-c3ccccc3)c2C)\C=C(\C)CN(c2ncnc(-c3ccccc3-c3ncnc(-n4c5c(C)cc(C(=O)c6c(C)c(C)n(-c7ccccc7)c6C)cc5c5cc(C(=O)c6c(C)c(C)n(-c7ccccc7)c6C)cc(C)c54)n3)n2)c2c(C)cc(C(=O)c3c(C)c(C)n(-c4ccccc4)c3C)cc21. The first-order valence-corrected chi connectivity index (χ1v) is 38.1. The van der Waals surface area contributed by atoms with Crippen molar-refractivity contribution in [1.82, 2.24) is 52.7 Å². The van der Waals surface area contributed by atoms with E-state index < -0.39 is 0 Å². The van der Waals surface area contributed by atoms with Gasteiger partial charge in [0.15, 0.2) is 34.8 Å². The number of fused-ring (bicyclic) bond motifs is 4. The summed E-state index contributed by atoms with van der Waals surface area (Å²) in [5, 5.41) is 1.48. The Kier molecular flexibility index (Phi) is 18.7. The zero-order valence-electron chi connectivity index (χ0n) is 66.5. The van der Waals surface area contributed by atoms with Crippen LogP contribution in [0.25, 0.3) is 78.9 Å². The smallest absolute Gasteiger partial charge is 0.238 e. The van der Waals surface area contributed by atoms with Gasteiger partial charge in [0.05, 0.1) is 16.7 Å². The lowest BCUT2D eigenvalue weighted by Crippen LogP contribution is -2.24. The molecule has 7 aromatic heterocycles. The number of hydrogen-bond acceptors (Lipinski definition) is 11. The van der Waals surface area contributed by atoms with E-state index in [0.717, 1.165) is 135 Å². The van der Waals surface area contributed by atoms with Crippen LogP contribution in [0.2, 0.25) is 0 Å². The molecule has 0 unspecified atom stereocenters. The van der Waals surface area contributed by atoms with Crippen LogP contribution >= 0.6 is 0 Å². The number of Topliss-reactive ketones (excluding diaryl/α,β-unsaturated/α-hetero) is 1. The number of benzene rings is 8. The van der Waals surface area contributed by atoms with Gasteiger partial charge in [-0.05, 0) is 246 Å². The Balaban J connectivity index is 0.826. The van der Waals surface area contributed by atoms with Crippen LogP contribution in [0.1, 0.15) is 155 Å².